The monoisotopic (exact) mass is 557 g/mol. The summed E-state index contributed by atoms with van der Waals surface area (Å²) in [6.07, 6.45) is 2.17. The number of aryl methyl sites for hydroxylation is 3. The molecule has 0 spiro atoms. The van der Waals surface area contributed by atoms with Gasteiger partial charge in [-0.05, 0) is 61.9 Å². The van der Waals surface area contributed by atoms with Crippen molar-refractivity contribution < 1.29 is 13.6 Å². The first-order chi connectivity index (χ1) is 19.5. The highest BCUT2D eigenvalue weighted by molar-refractivity contribution is 5.88. The van der Waals surface area contributed by atoms with E-state index < -0.39 is 17.7 Å². The average molecular weight is 558 g/mol. The van der Waals surface area contributed by atoms with Crippen LogP contribution in [-0.2, 0) is 32.4 Å². The second-order valence-corrected chi connectivity index (χ2v) is 11.4. The standard InChI is InChI=1S/C33H37F2N5O/c1-6-21-13-10-14-22(7-2)30(21)40-31(24-15-27(35)28(16-26(24)34)37-32(36)41)25-19-39(33(4,5)17-29(25)38-40)18-23-12-9-8-11-20(23)3/h8-16H,6-7,17-19H2,1-5H3,(H3,36,37,41). The molecule has 41 heavy (non-hydrogen) atoms. The fraction of sp³-hybridized carbons (Fsp3) is 0.333. The number of anilines is 1. The van der Waals surface area contributed by atoms with Crippen LogP contribution in [0.4, 0.5) is 19.3 Å². The molecule has 0 aliphatic carbocycles. The SMILES string of the molecule is CCc1cccc(CC)c1-n1nc2c(c1-c1cc(F)c(NC(N)=O)cc1F)CN(Cc1ccccc1C)C(C)(C)C2. The number of nitrogens with zero attached hydrogens (tertiary/aromatic N) is 3. The van der Waals surface area contributed by atoms with Gasteiger partial charge in [0.2, 0.25) is 0 Å². The van der Waals surface area contributed by atoms with Gasteiger partial charge in [0.25, 0.3) is 0 Å². The minimum Gasteiger partial charge on any atom is -0.351 e. The average Bonchev–Trinajstić information content (AvgIpc) is 3.27. The van der Waals surface area contributed by atoms with Crippen LogP contribution >= 0.6 is 0 Å². The Morgan fingerprint density at radius 3 is 2.29 bits per heavy atom. The number of benzene rings is 3. The third-order valence-corrected chi connectivity index (χ3v) is 8.24. The third kappa shape index (κ3) is 5.36. The third-order valence-electron chi connectivity index (χ3n) is 8.24. The summed E-state index contributed by atoms with van der Waals surface area (Å²) in [6, 6.07) is 15.6. The molecule has 3 N–H and O–H groups in total. The van der Waals surface area contributed by atoms with Crippen LogP contribution in [-0.4, -0.2) is 26.3 Å². The van der Waals surface area contributed by atoms with Crippen molar-refractivity contribution in [2.24, 2.45) is 5.73 Å². The van der Waals surface area contributed by atoms with E-state index in [1.807, 2.05) is 22.9 Å². The first-order valence-corrected chi connectivity index (χ1v) is 14.1. The fourth-order valence-corrected chi connectivity index (χ4v) is 5.88. The van der Waals surface area contributed by atoms with Gasteiger partial charge in [0.05, 0.1) is 22.8 Å². The number of fused-ring (bicyclic) bond motifs is 1. The molecule has 2 heterocycles. The molecule has 0 saturated carbocycles. The predicted octanol–water partition coefficient (Wildman–Crippen LogP) is 7.08. The van der Waals surface area contributed by atoms with Crippen molar-refractivity contribution in [2.45, 2.75) is 72.5 Å². The number of carbonyl (C=O) groups excluding carboxylic acids is 1. The van der Waals surface area contributed by atoms with E-state index in [1.54, 1.807) is 0 Å². The molecule has 0 fully saturated rings. The summed E-state index contributed by atoms with van der Waals surface area (Å²) in [5.74, 6) is -1.43. The zero-order valence-corrected chi connectivity index (χ0v) is 24.3. The largest absolute Gasteiger partial charge is 0.351 e. The Balaban J connectivity index is 1.75. The number of para-hydroxylation sites is 1. The number of urea groups is 1. The number of rotatable bonds is 7. The van der Waals surface area contributed by atoms with Crippen molar-refractivity contribution in [2.75, 3.05) is 5.32 Å². The quantitative estimate of drug-likeness (QED) is 0.255. The Hall–Kier alpha value is -4.04. The van der Waals surface area contributed by atoms with Gasteiger partial charge in [-0.1, -0.05) is 56.3 Å². The van der Waals surface area contributed by atoms with Crippen LogP contribution in [0, 0.1) is 18.6 Å². The Morgan fingerprint density at radius 1 is 1.00 bits per heavy atom. The van der Waals surface area contributed by atoms with Crippen molar-refractivity contribution in [1.82, 2.24) is 14.7 Å². The summed E-state index contributed by atoms with van der Waals surface area (Å²) < 4.78 is 33.0. The van der Waals surface area contributed by atoms with Gasteiger partial charge in [-0.3, -0.25) is 4.90 Å². The summed E-state index contributed by atoms with van der Waals surface area (Å²) in [4.78, 5) is 13.8. The number of primary amides is 1. The van der Waals surface area contributed by atoms with Gasteiger partial charge in [0.15, 0.2) is 0 Å². The van der Waals surface area contributed by atoms with Gasteiger partial charge in [-0.15, -0.1) is 0 Å². The number of halogens is 2. The van der Waals surface area contributed by atoms with Gasteiger partial charge in [0.1, 0.15) is 11.6 Å². The molecule has 1 aliphatic heterocycles. The van der Waals surface area contributed by atoms with E-state index in [9.17, 15) is 4.79 Å². The molecule has 4 aromatic rings. The van der Waals surface area contributed by atoms with Crippen LogP contribution < -0.4 is 11.1 Å². The maximum Gasteiger partial charge on any atom is 0.316 e. The Labute approximate surface area is 240 Å². The van der Waals surface area contributed by atoms with E-state index >= 15 is 8.78 Å². The molecule has 3 aromatic carbocycles. The lowest BCUT2D eigenvalue weighted by molar-refractivity contribution is 0.0881. The Bertz CT molecular complexity index is 1600. The van der Waals surface area contributed by atoms with Gasteiger partial charge >= 0.3 is 6.03 Å². The van der Waals surface area contributed by atoms with Crippen LogP contribution in [0.5, 0.6) is 0 Å². The van der Waals surface area contributed by atoms with Crippen LogP contribution in [0.3, 0.4) is 0 Å². The lowest BCUT2D eigenvalue weighted by Gasteiger charge is -2.42. The molecule has 5 rings (SSSR count). The summed E-state index contributed by atoms with van der Waals surface area (Å²) in [7, 11) is 0. The zero-order chi connectivity index (χ0) is 29.5. The molecule has 0 unspecified atom stereocenters. The van der Waals surface area contributed by atoms with Crippen molar-refractivity contribution in [3.05, 3.63) is 99.7 Å². The number of amides is 2. The molecule has 1 aromatic heterocycles. The molecule has 2 amide bonds. The van der Waals surface area contributed by atoms with Gasteiger partial charge < -0.3 is 11.1 Å². The molecule has 0 radical (unpaired) electrons. The lowest BCUT2D eigenvalue weighted by Crippen LogP contribution is -2.47. The summed E-state index contributed by atoms with van der Waals surface area (Å²) in [5.41, 5.74) is 12.5. The van der Waals surface area contributed by atoms with Crippen molar-refractivity contribution >= 4 is 11.7 Å². The lowest BCUT2D eigenvalue weighted by atomic mass is 9.87. The number of hydrogen-bond acceptors (Lipinski definition) is 3. The van der Waals surface area contributed by atoms with E-state index in [4.69, 9.17) is 10.8 Å². The minimum atomic E-state index is -0.961. The first-order valence-electron chi connectivity index (χ1n) is 14.1. The number of aromatic nitrogens is 2. The van der Waals surface area contributed by atoms with E-state index in [2.05, 4.69) is 69.1 Å². The van der Waals surface area contributed by atoms with Crippen LogP contribution in [0.1, 0.15) is 61.2 Å². The second-order valence-electron chi connectivity index (χ2n) is 11.4. The summed E-state index contributed by atoms with van der Waals surface area (Å²) >= 11 is 0. The number of carbonyl (C=O) groups is 1. The maximum absolute atomic E-state index is 15.9. The van der Waals surface area contributed by atoms with E-state index in [1.165, 1.54) is 11.1 Å². The number of nitrogens with two attached hydrogens (primary N) is 1. The van der Waals surface area contributed by atoms with E-state index in [0.29, 0.717) is 25.2 Å². The fourth-order valence-electron chi connectivity index (χ4n) is 5.88. The molecular weight excluding hydrogens is 520 g/mol. The van der Waals surface area contributed by atoms with Gasteiger partial charge in [0, 0.05) is 42.2 Å². The Kier molecular flexibility index (Phi) is 7.70. The van der Waals surface area contributed by atoms with Crippen molar-refractivity contribution in [1.29, 1.82) is 0 Å². The molecule has 1 aliphatic rings. The molecule has 6 nitrogen and oxygen atoms in total. The summed E-state index contributed by atoms with van der Waals surface area (Å²) in [5, 5.41) is 7.30. The van der Waals surface area contributed by atoms with Crippen molar-refractivity contribution in [3.8, 4) is 16.9 Å². The van der Waals surface area contributed by atoms with Crippen LogP contribution in [0.15, 0.2) is 54.6 Å². The molecule has 214 valence electrons. The van der Waals surface area contributed by atoms with Crippen LogP contribution in [0.2, 0.25) is 0 Å². The molecule has 0 atom stereocenters. The second kappa shape index (κ2) is 11.1. The molecule has 0 saturated heterocycles. The minimum absolute atomic E-state index is 0.0924. The molecule has 0 bridgehead atoms. The van der Waals surface area contributed by atoms with E-state index in [0.717, 1.165) is 53.0 Å². The maximum atomic E-state index is 15.9. The smallest absolute Gasteiger partial charge is 0.316 e. The summed E-state index contributed by atoms with van der Waals surface area (Å²) in [6.45, 7) is 11.9. The topological polar surface area (TPSA) is 76.2 Å². The highest BCUT2D eigenvalue weighted by Gasteiger charge is 2.38. The Morgan fingerprint density at radius 2 is 1.66 bits per heavy atom. The molecular formula is C33H37F2N5O. The zero-order valence-electron chi connectivity index (χ0n) is 24.3. The van der Waals surface area contributed by atoms with Crippen LogP contribution in [0.25, 0.3) is 16.9 Å². The van der Waals surface area contributed by atoms with Gasteiger partial charge in [-0.2, -0.15) is 5.10 Å². The molecule has 8 heteroatoms. The highest BCUT2D eigenvalue weighted by atomic mass is 19.1. The van der Waals surface area contributed by atoms with E-state index in [-0.39, 0.29) is 16.8 Å². The van der Waals surface area contributed by atoms with Crippen molar-refractivity contribution in [3.63, 3.8) is 0 Å². The number of hydrogen-bond donors (Lipinski definition) is 2. The normalized spacial score (nSPS) is 14.6. The van der Waals surface area contributed by atoms with Gasteiger partial charge in [-0.25, -0.2) is 18.3 Å². The number of nitrogens with one attached hydrogen (secondary N) is 1. The highest BCUT2D eigenvalue weighted by Crippen LogP contribution is 2.41. The first kappa shape index (κ1) is 28.5. The predicted molar refractivity (Wildman–Crippen MR) is 159 cm³/mol.